The van der Waals surface area contributed by atoms with Crippen LogP contribution in [-0.2, 0) is 13.1 Å². The standard InChI is InChI=1S/C36H42Cl4N4O2/c37-27-16-18-33(31(39)21-27)41-35(45)43(29-12-5-1-2-6-13-29)23-25-10-9-11-26(20-25)24-44(30-14-7-3-4-8-15-30)36(46)42-34-19-17-28(38)22-32(34)40/h9-11,16-22,29-30H,1-8,12-15,23-24H2,(H,41,45)(H,42,46). The molecule has 10 heteroatoms. The Morgan fingerprint density at radius 3 is 1.33 bits per heavy atom. The highest BCUT2D eigenvalue weighted by atomic mass is 35.5. The van der Waals surface area contributed by atoms with Gasteiger partial charge in [-0.05, 0) is 73.2 Å². The Bertz CT molecular complexity index is 1380. The fourth-order valence-corrected chi connectivity index (χ4v) is 7.56. The Hall–Kier alpha value is -2.64. The second-order valence-corrected chi connectivity index (χ2v) is 14.2. The summed E-state index contributed by atoms with van der Waals surface area (Å²) in [6, 6.07) is 18.3. The van der Waals surface area contributed by atoms with Gasteiger partial charge in [-0.25, -0.2) is 9.59 Å². The fraction of sp³-hybridized carbons (Fsp3) is 0.444. The summed E-state index contributed by atoms with van der Waals surface area (Å²) in [5, 5.41) is 7.91. The lowest BCUT2D eigenvalue weighted by molar-refractivity contribution is 0.174. The van der Waals surface area contributed by atoms with E-state index < -0.39 is 0 Å². The van der Waals surface area contributed by atoms with Gasteiger partial charge in [0, 0.05) is 35.2 Å². The smallest absolute Gasteiger partial charge is 0.317 e. The van der Waals surface area contributed by atoms with Crippen molar-refractivity contribution in [1.82, 2.24) is 9.80 Å². The van der Waals surface area contributed by atoms with Gasteiger partial charge < -0.3 is 20.4 Å². The molecule has 46 heavy (non-hydrogen) atoms. The minimum Gasteiger partial charge on any atom is -0.317 e. The van der Waals surface area contributed by atoms with Crippen molar-refractivity contribution in [1.29, 1.82) is 0 Å². The molecular weight excluding hydrogens is 662 g/mol. The SMILES string of the molecule is O=C(Nc1ccc(Cl)cc1Cl)N(Cc1cccc(CN(C(=O)Nc2ccc(Cl)cc2Cl)C2CCCCCC2)c1)C1CCCCCC1. The zero-order chi connectivity index (χ0) is 32.5. The molecule has 2 fully saturated rings. The van der Waals surface area contributed by atoms with E-state index in [4.69, 9.17) is 46.4 Å². The van der Waals surface area contributed by atoms with E-state index in [0.29, 0.717) is 44.6 Å². The normalized spacial score (nSPS) is 16.3. The second-order valence-electron chi connectivity index (χ2n) is 12.5. The molecule has 4 amide bonds. The van der Waals surface area contributed by atoms with Crippen molar-refractivity contribution in [3.63, 3.8) is 0 Å². The predicted molar refractivity (Wildman–Crippen MR) is 191 cm³/mol. The van der Waals surface area contributed by atoms with Gasteiger partial charge in [-0.2, -0.15) is 0 Å². The molecule has 0 atom stereocenters. The number of nitrogens with one attached hydrogen (secondary N) is 2. The Morgan fingerprint density at radius 2 is 0.957 bits per heavy atom. The molecule has 246 valence electrons. The second kappa shape index (κ2) is 17.0. The molecule has 2 aliphatic rings. The number of carbonyl (C=O) groups is 2. The maximum absolute atomic E-state index is 13.8. The Balaban J connectivity index is 1.37. The Morgan fingerprint density at radius 1 is 0.565 bits per heavy atom. The van der Waals surface area contributed by atoms with Crippen LogP contribution in [0.3, 0.4) is 0 Å². The van der Waals surface area contributed by atoms with Crippen molar-refractivity contribution in [2.24, 2.45) is 0 Å². The zero-order valence-electron chi connectivity index (χ0n) is 26.1. The van der Waals surface area contributed by atoms with E-state index in [1.165, 1.54) is 25.7 Å². The van der Waals surface area contributed by atoms with Gasteiger partial charge in [0.15, 0.2) is 0 Å². The fourth-order valence-electron chi connectivity index (χ4n) is 6.65. The molecule has 0 aromatic heterocycles. The number of benzene rings is 3. The van der Waals surface area contributed by atoms with E-state index >= 15 is 0 Å². The molecule has 0 saturated heterocycles. The number of anilines is 2. The molecule has 3 aromatic rings. The number of halogens is 4. The van der Waals surface area contributed by atoms with Gasteiger partial charge in [0.05, 0.1) is 21.4 Å². The lowest BCUT2D eigenvalue weighted by Crippen LogP contribution is -2.43. The van der Waals surface area contributed by atoms with Crippen LogP contribution in [0.2, 0.25) is 20.1 Å². The van der Waals surface area contributed by atoms with Crippen molar-refractivity contribution >= 4 is 69.8 Å². The van der Waals surface area contributed by atoms with Gasteiger partial charge in [0.1, 0.15) is 0 Å². The first-order chi connectivity index (χ1) is 22.3. The van der Waals surface area contributed by atoms with Crippen LogP contribution in [0, 0.1) is 0 Å². The molecule has 6 nitrogen and oxygen atoms in total. The van der Waals surface area contributed by atoms with E-state index in [1.54, 1.807) is 36.4 Å². The number of hydrogen-bond donors (Lipinski definition) is 2. The molecule has 0 radical (unpaired) electrons. The molecule has 0 aliphatic heterocycles. The molecule has 0 unspecified atom stereocenters. The van der Waals surface area contributed by atoms with Crippen molar-refractivity contribution < 1.29 is 9.59 Å². The summed E-state index contributed by atoms with van der Waals surface area (Å²) < 4.78 is 0. The van der Waals surface area contributed by atoms with Gasteiger partial charge in [-0.1, -0.05) is 122 Å². The Labute approximate surface area is 292 Å². The van der Waals surface area contributed by atoms with Gasteiger partial charge in [0.25, 0.3) is 0 Å². The van der Waals surface area contributed by atoms with Crippen molar-refractivity contribution in [2.45, 2.75) is 102 Å². The summed E-state index contributed by atoms with van der Waals surface area (Å²) in [5.41, 5.74) is 3.10. The van der Waals surface area contributed by atoms with E-state index in [2.05, 4.69) is 28.8 Å². The van der Waals surface area contributed by atoms with Crippen LogP contribution in [-0.4, -0.2) is 33.9 Å². The van der Waals surface area contributed by atoms with Crippen LogP contribution in [0.15, 0.2) is 60.7 Å². The van der Waals surface area contributed by atoms with Crippen LogP contribution >= 0.6 is 46.4 Å². The van der Waals surface area contributed by atoms with Crippen LogP contribution in [0.4, 0.5) is 21.0 Å². The van der Waals surface area contributed by atoms with Gasteiger partial charge >= 0.3 is 12.1 Å². The molecule has 2 saturated carbocycles. The summed E-state index contributed by atoms with van der Waals surface area (Å²) >= 11 is 25.0. The first-order valence-electron chi connectivity index (χ1n) is 16.4. The van der Waals surface area contributed by atoms with Crippen LogP contribution in [0.1, 0.15) is 88.2 Å². The highest BCUT2D eigenvalue weighted by Crippen LogP contribution is 2.30. The molecule has 0 bridgehead atoms. The molecular formula is C36H42Cl4N4O2. The van der Waals surface area contributed by atoms with Gasteiger partial charge in [0.2, 0.25) is 0 Å². The lowest BCUT2D eigenvalue weighted by Gasteiger charge is -2.33. The number of nitrogens with zero attached hydrogens (tertiary/aromatic N) is 2. The third-order valence-corrected chi connectivity index (χ3v) is 10.2. The van der Waals surface area contributed by atoms with Crippen molar-refractivity contribution in [2.75, 3.05) is 10.6 Å². The maximum Gasteiger partial charge on any atom is 0.322 e. The van der Waals surface area contributed by atoms with Crippen LogP contribution in [0.5, 0.6) is 0 Å². The van der Waals surface area contributed by atoms with Gasteiger partial charge in [-0.3, -0.25) is 0 Å². The van der Waals surface area contributed by atoms with Crippen molar-refractivity contribution in [3.05, 3.63) is 91.9 Å². The number of amides is 4. The third-order valence-electron chi connectivity index (χ3n) is 9.10. The van der Waals surface area contributed by atoms with E-state index in [-0.39, 0.29) is 24.1 Å². The quantitative estimate of drug-likeness (QED) is 0.229. The lowest BCUT2D eigenvalue weighted by atomic mass is 10.0. The number of rotatable bonds is 8. The summed E-state index contributed by atoms with van der Waals surface area (Å²) in [6.45, 7) is 0.900. The number of urea groups is 2. The number of hydrogen-bond acceptors (Lipinski definition) is 2. The van der Waals surface area contributed by atoms with Crippen LogP contribution in [0.25, 0.3) is 0 Å². The molecule has 3 aromatic carbocycles. The summed E-state index contributed by atoms with van der Waals surface area (Å²) in [5.74, 6) is 0. The Kier molecular flexibility index (Phi) is 12.8. The van der Waals surface area contributed by atoms with Crippen LogP contribution < -0.4 is 10.6 Å². The van der Waals surface area contributed by atoms with E-state index in [1.807, 2.05) is 15.9 Å². The zero-order valence-corrected chi connectivity index (χ0v) is 29.1. The molecule has 2 N–H and O–H groups in total. The molecule has 2 aliphatic carbocycles. The summed E-state index contributed by atoms with van der Waals surface area (Å²) in [4.78, 5) is 31.5. The molecule has 0 heterocycles. The highest BCUT2D eigenvalue weighted by Gasteiger charge is 2.28. The monoisotopic (exact) mass is 702 g/mol. The maximum atomic E-state index is 13.8. The topological polar surface area (TPSA) is 64.7 Å². The third kappa shape index (κ3) is 9.70. The van der Waals surface area contributed by atoms with E-state index in [0.717, 1.165) is 62.5 Å². The summed E-state index contributed by atoms with van der Waals surface area (Å²) in [7, 11) is 0. The largest absolute Gasteiger partial charge is 0.322 e. The first-order valence-corrected chi connectivity index (χ1v) is 17.9. The van der Waals surface area contributed by atoms with Crippen molar-refractivity contribution in [3.8, 4) is 0 Å². The predicted octanol–water partition coefficient (Wildman–Crippen LogP) is 11.8. The highest BCUT2D eigenvalue weighted by molar-refractivity contribution is 6.37. The average Bonchev–Trinajstić information content (AvgIpc) is 3.47. The molecule has 5 rings (SSSR count). The minimum atomic E-state index is -0.180. The average molecular weight is 705 g/mol. The first kappa shape index (κ1) is 34.7. The number of carbonyl (C=O) groups excluding carboxylic acids is 2. The molecule has 0 spiro atoms. The summed E-state index contributed by atoms with van der Waals surface area (Å²) in [6.07, 6.45) is 13.0. The minimum absolute atomic E-state index is 0.120. The van der Waals surface area contributed by atoms with E-state index in [9.17, 15) is 9.59 Å². The van der Waals surface area contributed by atoms with Gasteiger partial charge in [-0.15, -0.1) is 0 Å².